The number of carboxylic acids is 1. The van der Waals surface area contributed by atoms with Gasteiger partial charge in [0.15, 0.2) is 0 Å². The first-order valence-electron chi connectivity index (χ1n) is 4.53. The van der Waals surface area contributed by atoms with Crippen molar-refractivity contribution in [3.8, 4) is 0 Å². The van der Waals surface area contributed by atoms with E-state index in [1.165, 1.54) is 0 Å². The molecule has 18 heavy (non-hydrogen) atoms. The zero-order valence-corrected chi connectivity index (χ0v) is 8.44. The molecule has 0 aromatic heterocycles. The molecule has 0 heterocycles. The lowest BCUT2D eigenvalue weighted by molar-refractivity contribution is -0.387. The van der Waals surface area contributed by atoms with Crippen LogP contribution in [0.25, 0.3) is 0 Å². The quantitative estimate of drug-likeness (QED) is 0.780. The van der Waals surface area contributed by atoms with Crippen molar-refractivity contribution < 1.29 is 45.7 Å². The van der Waals surface area contributed by atoms with E-state index >= 15 is 0 Å². The molecule has 3 nitrogen and oxygen atoms in total. The highest BCUT2D eigenvalue weighted by atomic mass is 19.4. The van der Waals surface area contributed by atoms with Crippen LogP contribution in [0.15, 0.2) is 0 Å². The van der Waals surface area contributed by atoms with E-state index in [9.17, 15) is 35.5 Å². The van der Waals surface area contributed by atoms with Gasteiger partial charge in [0.2, 0.25) is 0 Å². The Balaban J connectivity index is 3.24. The van der Waals surface area contributed by atoms with Gasteiger partial charge in [-0.05, 0) is 12.8 Å². The zero-order valence-electron chi connectivity index (χ0n) is 8.44. The monoisotopic (exact) mass is 284 g/mol. The van der Waals surface area contributed by atoms with Gasteiger partial charge in [-0.15, -0.1) is 0 Å². The van der Waals surface area contributed by atoms with Gasteiger partial charge in [-0.2, -0.15) is 30.7 Å². The molecule has 2 N–H and O–H groups in total. The number of aliphatic carboxylic acids is 1. The van der Waals surface area contributed by atoms with Crippen molar-refractivity contribution >= 4 is 5.97 Å². The predicted octanol–water partition coefficient (Wildman–Crippen LogP) is 2.04. The van der Waals surface area contributed by atoms with Crippen LogP contribution in [0.1, 0.15) is 12.8 Å². The smallest absolute Gasteiger partial charge is 0.459 e. The Morgan fingerprint density at radius 1 is 1.06 bits per heavy atom. The summed E-state index contributed by atoms with van der Waals surface area (Å²) in [5, 5.41) is 17.2. The van der Waals surface area contributed by atoms with Crippen molar-refractivity contribution in [1.29, 1.82) is 0 Å². The van der Waals surface area contributed by atoms with E-state index in [1.807, 2.05) is 0 Å². The van der Waals surface area contributed by atoms with E-state index in [4.69, 9.17) is 10.2 Å². The van der Waals surface area contributed by atoms with Gasteiger partial charge in [0, 0.05) is 0 Å². The summed E-state index contributed by atoms with van der Waals surface area (Å²) in [5.41, 5.74) is -3.61. The second kappa shape index (κ2) is 3.72. The zero-order chi connectivity index (χ0) is 14.6. The molecule has 0 aromatic carbocycles. The van der Waals surface area contributed by atoms with Crippen LogP contribution in [0.2, 0.25) is 0 Å². The molecule has 0 spiro atoms. The molecule has 1 rings (SSSR count). The minimum absolute atomic E-state index is 1.36. The molecule has 1 aliphatic carbocycles. The molecule has 0 atom stereocenters. The molecule has 0 unspecified atom stereocenters. The van der Waals surface area contributed by atoms with Gasteiger partial charge in [0.25, 0.3) is 0 Å². The Morgan fingerprint density at radius 2 is 1.44 bits per heavy atom. The lowest BCUT2D eigenvalue weighted by Gasteiger charge is -2.48. The highest BCUT2D eigenvalue weighted by molar-refractivity contribution is 5.78. The number of rotatable bonds is 3. The fraction of sp³-hybridized carbons (Fsp3) is 0.875. The molecule has 1 aliphatic rings. The number of hydrogen-bond donors (Lipinski definition) is 2. The molecule has 1 fully saturated rings. The van der Waals surface area contributed by atoms with Gasteiger partial charge in [0.1, 0.15) is 5.41 Å². The molecule has 0 amide bonds. The minimum Gasteiger partial charge on any atom is -0.481 e. The van der Waals surface area contributed by atoms with Gasteiger partial charge in [-0.3, -0.25) is 4.79 Å². The number of carboxylic acid groups (broad SMARTS) is 1. The van der Waals surface area contributed by atoms with Crippen LogP contribution in [-0.2, 0) is 4.79 Å². The van der Waals surface area contributed by atoms with E-state index in [-0.39, 0.29) is 0 Å². The van der Waals surface area contributed by atoms with E-state index in [0.29, 0.717) is 0 Å². The second-order valence-corrected chi connectivity index (χ2v) is 4.10. The van der Waals surface area contributed by atoms with Crippen molar-refractivity contribution in [2.45, 2.75) is 37.0 Å². The van der Waals surface area contributed by atoms with Gasteiger partial charge in [-0.1, -0.05) is 0 Å². The number of aliphatic hydroxyl groups is 1. The summed E-state index contributed by atoms with van der Waals surface area (Å²) >= 11 is 0. The van der Waals surface area contributed by atoms with Crippen molar-refractivity contribution in [1.82, 2.24) is 0 Å². The van der Waals surface area contributed by atoms with Crippen LogP contribution in [0.3, 0.4) is 0 Å². The summed E-state index contributed by atoms with van der Waals surface area (Å²) in [7, 11) is 0. The number of hydrogen-bond acceptors (Lipinski definition) is 2. The summed E-state index contributed by atoms with van der Waals surface area (Å²) in [6.07, 6.45) is -10.9. The number of aliphatic hydroxyl groups excluding tert-OH is 1. The predicted molar refractivity (Wildman–Crippen MR) is 41.3 cm³/mol. The Labute approximate surface area is 95.2 Å². The topological polar surface area (TPSA) is 57.5 Å². The molecule has 106 valence electrons. The standard InChI is InChI=1S/C8H7F7O3/c9-6(10,7(11,12)8(13,14)15)5(4(17)18)1-3(16)2-5/h3,16H,1-2H2,(H,17,18). The van der Waals surface area contributed by atoms with Crippen LogP contribution < -0.4 is 0 Å². The van der Waals surface area contributed by atoms with Crippen molar-refractivity contribution in [2.75, 3.05) is 0 Å². The van der Waals surface area contributed by atoms with Gasteiger partial charge in [-0.25, -0.2) is 0 Å². The average Bonchev–Trinajstić information content (AvgIpc) is 2.09. The third-order valence-corrected chi connectivity index (χ3v) is 2.93. The summed E-state index contributed by atoms with van der Waals surface area (Å²) < 4.78 is 87.6. The fourth-order valence-corrected chi connectivity index (χ4v) is 1.79. The first-order chi connectivity index (χ1) is 7.79. The lowest BCUT2D eigenvalue weighted by Crippen LogP contribution is -2.68. The number of carbonyl (C=O) groups is 1. The van der Waals surface area contributed by atoms with Crippen LogP contribution in [-0.4, -0.2) is 40.3 Å². The molecule has 0 radical (unpaired) electrons. The number of alkyl halides is 7. The SMILES string of the molecule is O=C(O)C1(C(F)(F)C(F)(F)C(F)(F)F)CC(O)C1. The highest BCUT2D eigenvalue weighted by Gasteiger charge is 2.83. The van der Waals surface area contributed by atoms with E-state index < -0.39 is 48.4 Å². The van der Waals surface area contributed by atoms with E-state index in [2.05, 4.69) is 0 Å². The van der Waals surface area contributed by atoms with Crippen LogP contribution in [0, 0.1) is 5.41 Å². The lowest BCUT2D eigenvalue weighted by atomic mass is 9.61. The highest BCUT2D eigenvalue weighted by Crippen LogP contribution is 2.61. The normalized spacial score (nSPS) is 29.9. The number of halogens is 7. The van der Waals surface area contributed by atoms with Gasteiger partial charge >= 0.3 is 24.0 Å². The van der Waals surface area contributed by atoms with Gasteiger partial charge in [0.05, 0.1) is 6.10 Å². The molecule has 0 aromatic rings. The van der Waals surface area contributed by atoms with E-state index in [1.54, 1.807) is 0 Å². The Kier molecular flexibility index (Phi) is 3.10. The maximum atomic E-state index is 13.3. The van der Waals surface area contributed by atoms with Gasteiger partial charge < -0.3 is 10.2 Å². The third-order valence-electron chi connectivity index (χ3n) is 2.93. The molecular formula is C8H7F7O3. The molecule has 0 saturated heterocycles. The summed E-state index contributed by atoms with van der Waals surface area (Å²) in [6, 6.07) is 0. The second-order valence-electron chi connectivity index (χ2n) is 4.10. The largest absolute Gasteiger partial charge is 0.481 e. The van der Waals surface area contributed by atoms with Crippen molar-refractivity contribution in [2.24, 2.45) is 5.41 Å². The molecule has 0 bridgehead atoms. The van der Waals surface area contributed by atoms with E-state index in [0.717, 1.165) is 0 Å². The average molecular weight is 284 g/mol. The maximum absolute atomic E-state index is 13.3. The maximum Gasteiger partial charge on any atom is 0.459 e. The molecule has 10 heteroatoms. The summed E-state index contributed by atoms with van der Waals surface area (Å²) in [5.74, 6) is -14.8. The Morgan fingerprint density at radius 3 is 1.67 bits per heavy atom. The van der Waals surface area contributed by atoms with Crippen molar-refractivity contribution in [3.63, 3.8) is 0 Å². The van der Waals surface area contributed by atoms with Crippen LogP contribution >= 0.6 is 0 Å². The minimum atomic E-state index is -6.58. The first-order valence-corrected chi connectivity index (χ1v) is 4.53. The molecule has 0 aliphatic heterocycles. The van der Waals surface area contributed by atoms with Crippen LogP contribution in [0.4, 0.5) is 30.7 Å². The fourth-order valence-electron chi connectivity index (χ4n) is 1.79. The van der Waals surface area contributed by atoms with Crippen LogP contribution in [0.5, 0.6) is 0 Å². The van der Waals surface area contributed by atoms with Crippen molar-refractivity contribution in [3.05, 3.63) is 0 Å². The Bertz CT molecular complexity index is 356. The first kappa shape index (κ1) is 15.0. The summed E-state index contributed by atoms with van der Waals surface area (Å²) in [6.45, 7) is 0. The molecular weight excluding hydrogens is 277 g/mol. The molecule has 1 saturated carbocycles. The Hall–Kier alpha value is -1.06. The summed E-state index contributed by atoms with van der Waals surface area (Å²) in [4.78, 5) is 10.6. The third kappa shape index (κ3) is 1.65.